The zero-order valence-corrected chi connectivity index (χ0v) is 31.5. The lowest BCUT2D eigenvalue weighted by molar-refractivity contribution is -0.123. The first kappa shape index (κ1) is 38.2. The lowest BCUT2D eigenvalue weighted by Crippen LogP contribution is -2.65. The molecule has 1 atom stereocenters. The minimum absolute atomic E-state index is 0.101. The molecule has 1 unspecified atom stereocenters. The number of ether oxygens (including phenoxy) is 1. The summed E-state index contributed by atoms with van der Waals surface area (Å²) in [5.41, 5.74) is 6.58. The molecule has 1 aromatic carbocycles. The van der Waals surface area contributed by atoms with Crippen molar-refractivity contribution in [3.05, 3.63) is 90.3 Å². The van der Waals surface area contributed by atoms with Crippen molar-refractivity contribution in [2.75, 3.05) is 60.9 Å². The highest BCUT2D eigenvalue weighted by Gasteiger charge is 2.45. The SMILES string of the molecule is C/C=C1/CCC(NC(=O)c2cc(N3CC(F)(CN4CCN(c5cn6cc(NC(=O)/C(=C/N)c7ncccn7)c(OC(C)C)cc6n5)CC4)C3)ccc2F)C(=O)N1. The first-order valence-corrected chi connectivity index (χ1v) is 18.6. The fourth-order valence-electron chi connectivity index (χ4n) is 7.15. The molecule has 0 radical (unpaired) electrons. The summed E-state index contributed by atoms with van der Waals surface area (Å²) in [7, 11) is 0. The molecule has 0 spiro atoms. The van der Waals surface area contributed by atoms with Gasteiger partial charge < -0.3 is 40.6 Å². The van der Waals surface area contributed by atoms with E-state index in [0.29, 0.717) is 61.8 Å². The number of nitrogens with two attached hydrogens (primary N) is 1. The van der Waals surface area contributed by atoms with Crippen molar-refractivity contribution < 1.29 is 27.9 Å². The van der Waals surface area contributed by atoms with Crippen LogP contribution < -0.4 is 36.2 Å². The molecular weight excluding hydrogens is 724 g/mol. The number of piperidine rings is 1. The number of nitrogens with zero attached hydrogens (tertiary/aromatic N) is 7. The van der Waals surface area contributed by atoms with E-state index in [1.54, 1.807) is 23.2 Å². The maximum absolute atomic E-state index is 16.0. The maximum Gasteiger partial charge on any atom is 0.261 e. The fraction of sp³-hybridized carbons (Fsp3) is 0.385. The molecule has 3 aliphatic rings. The number of benzene rings is 1. The molecule has 15 nitrogen and oxygen atoms in total. The van der Waals surface area contributed by atoms with Gasteiger partial charge in [-0.05, 0) is 57.9 Å². The Morgan fingerprint density at radius 3 is 2.54 bits per heavy atom. The summed E-state index contributed by atoms with van der Waals surface area (Å²) in [5, 5.41) is 8.26. The van der Waals surface area contributed by atoms with Gasteiger partial charge in [-0.2, -0.15) is 0 Å². The van der Waals surface area contributed by atoms with Gasteiger partial charge in [0.25, 0.3) is 11.8 Å². The van der Waals surface area contributed by atoms with Crippen LogP contribution >= 0.6 is 0 Å². The van der Waals surface area contributed by atoms with Crippen LogP contribution in [0.5, 0.6) is 5.75 Å². The molecule has 0 saturated carbocycles. The van der Waals surface area contributed by atoms with Crippen LogP contribution in [0.25, 0.3) is 11.2 Å². The summed E-state index contributed by atoms with van der Waals surface area (Å²) >= 11 is 0. The number of imidazole rings is 1. The lowest BCUT2D eigenvalue weighted by Gasteiger charge is -2.49. The average Bonchev–Trinajstić information content (AvgIpc) is 3.58. The van der Waals surface area contributed by atoms with Crippen LogP contribution in [0.2, 0.25) is 0 Å². The Balaban J connectivity index is 0.948. The molecule has 0 aliphatic carbocycles. The first-order chi connectivity index (χ1) is 26.9. The molecule has 3 fully saturated rings. The number of carbonyl (C=O) groups is 3. The Morgan fingerprint density at radius 2 is 1.86 bits per heavy atom. The minimum Gasteiger partial charge on any atom is -0.489 e. The Bertz CT molecular complexity index is 2180. The van der Waals surface area contributed by atoms with E-state index < -0.39 is 29.3 Å². The highest BCUT2D eigenvalue weighted by molar-refractivity contribution is 6.24. The zero-order chi connectivity index (χ0) is 39.6. The number of fused-ring (bicyclic) bond motifs is 1. The van der Waals surface area contributed by atoms with Crippen LogP contribution in [0.4, 0.5) is 26.0 Å². The fourth-order valence-corrected chi connectivity index (χ4v) is 7.15. The van der Waals surface area contributed by atoms with Crippen molar-refractivity contribution >= 4 is 46.1 Å². The van der Waals surface area contributed by atoms with Crippen molar-refractivity contribution in [1.29, 1.82) is 0 Å². The third-order valence-corrected chi connectivity index (χ3v) is 10.0. The molecule has 3 aliphatic heterocycles. The molecule has 56 heavy (non-hydrogen) atoms. The van der Waals surface area contributed by atoms with E-state index >= 15 is 4.39 Å². The van der Waals surface area contributed by atoms with Crippen LogP contribution in [-0.4, -0.2) is 106 Å². The predicted molar refractivity (Wildman–Crippen MR) is 207 cm³/mol. The summed E-state index contributed by atoms with van der Waals surface area (Å²) in [6.07, 6.45) is 10.5. The second-order valence-electron chi connectivity index (χ2n) is 14.5. The largest absolute Gasteiger partial charge is 0.489 e. The quantitative estimate of drug-likeness (QED) is 0.165. The molecule has 17 heteroatoms. The van der Waals surface area contributed by atoms with Crippen LogP contribution in [0.1, 0.15) is 49.8 Å². The number of piperazine rings is 1. The third kappa shape index (κ3) is 8.27. The number of nitrogens with one attached hydrogen (secondary N) is 3. The Kier molecular flexibility index (Phi) is 10.9. The number of allylic oxidation sites excluding steroid dienone is 2. The van der Waals surface area contributed by atoms with E-state index in [1.807, 2.05) is 37.4 Å². The monoisotopic (exact) mass is 769 g/mol. The first-order valence-electron chi connectivity index (χ1n) is 18.6. The zero-order valence-electron chi connectivity index (χ0n) is 31.5. The number of hydrogen-bond acceptors (Lipinski definition) is 11. The number of anilines is 3. The van der Waals surface area contributed by atoms with Gasteiger partial charge in [-0.1, -0.05) is 6.08 Å². The minimum atomic E-state index is -1.48. The van der Waals surface area contributed by atoms with Crippen LogP contribution in [0.15, 0.2) is 73.1 Å². The topological polar surface area (TPSA) is 175 Å². The van der Waals surface area contributed by atoms with Gasteiger partial charge in [-0.3, -0.25) is 19.3 Å². The second kappa shape index (κ2) is 15.9. The van der Waals surface area contributed by atoms with Gasteiger partial charge in [-0.15, -0.1) is 0 Å². The highest BCUT2D eigenvalue weighted by Crippen LogP contribution is 2.34. The summed E-state index contributed by atoms with van der Waals surface area (Å²) < 4.78 is 38.6. The number of amides is 3. The van der Waals surface area contributed by atoms with Crippen LogP contribution in [-0.2, 0) is 9.59 Å². The smallest absolute Gasteiger partial charge is 0.261 e. The molecule has 6 heterocycles. The van der Waals surface area contributed by atoms with E-state index in [1.165, 1.54) is 30.6 Å². The highest BCUT2D eigenvalue weighted by atomic mass is 19.1. The Labute approximate surface area is 322 Å². The van der Waals surface area contributed by atoms with Gasteiger partial charge >= 0.3 is 0 Å². The van der Waals surface area contributed by atoms with Gasteiger partial charge in [-0.25, -0.2) is 23.7 Å². The number of halogens is 2. The van der Waals surface area contributed by atoms with Crippen LogP contribution in [0.3, 0.4) is 0 Å². The van der Waals surface area contributed by atoms with E-state index in [2.05, 4.69) is 35.7 Å². The molecule has 4 aromatic rings. The molecule has 294 valence electrons. The van der Waals surface area contributed by atoms with E-state index in [0.717, 1.165) is 17.7 Å². The number of alkyl halides is 1. The van der Waals surface area contributed by atoms with Gasteiger partial charge in [0, 0.05) is 75.0 Å². The number of rotatable bonds is 11. The van der Waals surface area contributed by atoms with Gasteiger partial charge in [0.1, 0.15) is 34.8 Å². The van der Waals surface area contributed by atoms with Crippen LogP contribution in [0, 0.1) is 5.82 Å². The molecule has 3 amide bonds. The summed E-state index contributed by atoms with van der Waals surface area (Å²) in [5.74, 6) is -0.870. The lowest BCUT2D eigenvalue weighted by atomic mass is 9.94. The molecule has 3 aromatic heterocycles. The van der Waals surface area contributed by atoms with Crippen molar-refractivity contribution in [3.63, 3.8) is 0 Å². The van der Waals surface area contributed by atoms with Gasteiger partial charge in [0.2, 0.25) is 5.91 Å². The summed E-state index contributed by atoms with van der Waals surface area (Å²) in [6.45, 7) is 8.50. The normalized spacial score (nSPS) is 19.5. The van der Waals surface area contributed by atoms with Crippen molar-refractivity contribution in [1.82, 2.24) is 34.9 Å². The second-order valence-corrected chi connectivity index (χ2v) is 14.5. The summed E-state index contributed by atoms with van der Waals surface area (Å²) in [6, 6.07) is 6.80. The van der Waals surface area contributed by atoms with Gasteiger partial charge in [0.05, 0.1) is 36.5 Å². The third-order valence-electron chi connectivity index (χ3n) is 10.0. The maximum atomic E-state index is 16.0. The number of aromatic nitrogens is 4. The molecule has 0 bridgehead atoms. The Hall–Kier alpha value is -6.10. The van der Waals surface area contributed by atoms with Crippen molar-refractivity contribution in [2.24, 2.45) is 5.73 Å². The Morgan fingerprint density at radius 1 is 1.11 bits per heavy atom. The standard InChI is InChI=1S/C39H45F2N11O4/c1-4-25-6-9-30(38(55)45-25)46-36(53)27-16-26(7-8-29(27)40)52-22-39(41,23-52)21-49-12-14-50(15-13-49)34-20-51-19-31(32(56-24(2)3)17-33(51)48-34)47-37(54)28(18-42)35-43-10-5-11-44-35/h4-5,7-8,10-11,16-20,24,30H,6,9,12-15,21-23,42H2,1-3H3,(H,45,55)(H,46,53)(H,47,54)/b25-4-,28-18+. The van der Waals surface area contributed by atoms with E-state index in [9.17, 15) is 18.8 Å². The number of carbonyl (C=O) groups excluding carboxylic acids is 3. The van der Waals surface area contributed by atoms with Crippen molar-refractivity contribution in [3.8, 4) is 5.75 Å². The molecule has 5 N–H and O–H groups in total. The number of hydrogen-bond donors (Lipinski definition) is 4. The van der Waals surface area contributed by atoms with E-state index in [-0.39, 0.29) is 48.6 Å². The average molecular weight is 770 g/mol. The molecule has 3 saturated heterocycles. The predicted octanol–water partition coefficient (Wildman–Crippen LogP) is 3.25. The molecule has 7 rings (SSSR count). The summed E-state index contributed by atoms with van der Waals surface area (Å²) in [4.78, 5) is 57.7. The molecular formula is C39H45F2N11O4. The number of pyridine rings is 1. The van der Waals surface area contributed by atoms with E-state index in [4.69, 9.17) is 15.5 Å². The van der Waals surface area contributed by atoms with Gasteiger partial charge in [0.15, 0.2) is 11.5 Å². The van der Waals surface area contributed by atoms with Crippen molar-refractivity contribution in [2.45, 2.75) is 51.4 Å².